The third-order valence-corrected chi connectivity index (χ3v) is 6.66. The molecule has 1 aliphatic rings. The van der Waals surface area contributed by atoms with Crippen LogP contribution in [0, 0.1) is 11.3 Å². The summed E-state index contributed by atoms with van der Waals surface area (Å²) in [4.78, 5) is 31.5. The van der Waals surface area contributed by atoms with Gasteiger partial charge in [0.2, 0.25) is 0 Å². The molecule has 176 valence electrons. The molecular weight excluding hydrogens is 442 g/mol. The minimum absolute atomic E-state index is 0.0143. The number of carbonyl (C=O) groups excluding carboxylic acids is 2. The summed E-state index contributed by atoms with van der Waals surface area (Å²) in [5.41, 5.74) is 4.15. The highest BCUT2D eigenvalue weighted by Crippen LogP contribution is 2.35. The van der Waals surface area contributed by atoms with E-state index in [1.165, 1.54) is 17.8 Å². The Bertz CT molecular complexity index is 1470. The topological polar surface area (TPSA) is 109 Å². The molecule has 0 unspecified atom stereocenters. The summed E-state index contributed by atoms with van der Waals surface area (Å²) in [6.45, 7) is 1.37. The summed E-state index contributed by atoms with van der Waals surface area (Å²) >= 11 is 0. The van der Waals surface area contributed by atoms with Crippen LogP contribution >= 0.6 is 0 Å². The van der Waals surface area contributed by atoms with Gasteiger partial charge in [-0.3, -0.25) is 19.3 Å². The molecular formula is C26H25N7O2. The molecule has 1 N–H and O–H groups in total. The SMILES string of the molecule is Cn1nccc1C(=O)N1CCC(c2cn(C)c3ccc(NC(=O)c4cc(C#N)ccn4)cc23)CC1. The first-order valence-corrected chi connectivity index (χ1v) is 11.5. The number of aryl methyl sites for hydroxylation is 2. The van der Waals surface area contributed by atoms with Gasteiger partial charge in [-0.1, -0.05) is 0 Å². The van der Waals surface area contributed by atoms with Crippen molar-refractivity contribution in [1.29, 1.82) is 5.26 Å². The maximum atomic E-state index is 12.8. The molecule has 0 saturated carbocycles. The van der Waals surface area contributed by atoms with Crippen molar-refractivity contribution >= 4 is 28.4 Å². The van der Waals surface area contributed by atoms with E-state index in [4.69, 9.17) is 5.26 Å². The van der Waals surface area contributed by atoms with Crippen molar-refractivity contribution < 1.29 is 9.59 Å². The number of rotatable bonds is 4. The third kappa shape index (κ3) is 4.26. The van der Waals surface area contributed by atoms with Crippen molar-refractivity contribution in [2.45, 2.75) is 18.8 Å². The molecule has 1 fully saturated rings. The molecule has 2 amide bonds. The Labute approximate surface area is 202 Å². The van der Waals surface area contributed by atoms with Crippen molar-refractivity contribution in [3.05, 3.63) is 77.5 Å². The molecule has 9 nitrogen and oxygen atoms in total. The number of hydrogen-bond acceptors (Lipinski definition) is 5. The van der Waals surface area contributed by atoms with Crippen LogP contribution in [-0.4, -0.2) is 49.1 Å². The number of benzene rings is 1. The molecule has 1 aromatic carbocycles. The summed E-state index contributed by atoms with van der Waals surface area (Å²) in [6, 6.07) is 12.7. The number of fused-ring (bicyclic) bond motifs is 1. The monoisotopic (exact) mass is 467 g/mol. The fraction of sp³-hybridized carbons (Fsp3) is 0.269. The van der Waals surface area contributed by atoms with Gasteiger partial charge in [-0.05, 0) is 60.7 Å². The lowest BCUT2D eigenvalue weighted by atomic mass is 9.89. The lowest BCUT2D eigenvalue weighted by molar-refractivity contribution is 0.0702. The van der Waals surface area contributed by atoms with Crippen LogP contribution in [-0.2, 0) is 14.1 Å². The molecule has 0 aliphatic carbocycles. The van der Waals surface area contributed by atoms with Crippen LogP contribution in [0.4, 0.5) is 5.69 Å². The number of nitrogens with one attached hydrogen (secondary N) is 1. The van der Waals surface area contributed by atoms with E-state index in [1.54, 1.807) is 30.1 Å². The number of aromatic nitrogens is 4. The van der Waals surface area contributed by atoms with Gasteiger partial charge in [0, 0.05) is 62.4 Å². The third-order valence-electron chi connectivity index (χ3n) is 6.66. The minimum Gasteiger partial charge on any atom is -0.350 e. The molecule has 0 spiro atoms. The molecule has 3 aromatic heterocycles. The van der Waals surface area contributed by atoms with Crippen LogP contribution in [0.1, 0.15) is 50.9 Å². The van der Waals surface area contributed by atoms with E-state index >= 15 is 0 Å². The first kappa shape index (κ1) is 22.3. The highest BCUT2D eigenvalue weighted by molar-refractivity contribution is 6.04. The molecule has 0 radical (unpaired) electrons. The molecule has 0 bridgehead atoms. The van der Waals surface area contributed by atoms with Gasteiger partial charge < -0.3 is 14.8 Å². The van der Waals surface area contributed by atoms with Crippen molar-refractivity contribution in [3.63, 3.8) is 0 Å². The maximum Gasteiger partial charge on any atom is 0.274 e. The van der Waals surface area contributed by atoms with Gasteiger partial charge in [0.25, 0.3) is 11.8 Å². The highest BCUT2D eigenvalue weighted by Gasteiger charge is 2.27. The largest absolute Gasteiger partial charge is 0.350 e. The quantitative estimate of drug-likeness (QED) is 0.494. The Balaban J connectivity index is 1.34. The number of piperidine rings is 1. The normalized spacial score (nSPS) is 14.1. The molecule has 0 atom stereocenters. The van der Waals surface area contributed by atoms with Gasteiger partial charge in [-0.15, -0.1) is 0 Å². The first-order valence-electron chi connectivity index (χ1n) is 11.5. The van der Waals surface area contributed by atoms with E-state index in [-0.39, 0.29) is 17.5 Å². The van der Waals surface area contributed by atoms with Crippen LogP contribution in [0.15, 0.2) is 55.0 Å². The van der Waals surface area contributed by atoms with Gasteiger partial charge in [0.15, 0.2) is 0 Å². The average molecular weight is 468 g/mol. The maximum absolute atomic E-state index is 12.8. The summed E-state index contributed by atoms with van der Waals surface area (Å²) in [5, 5.41) is 17.2. The van der Waals surface area contributed by atoms with Crippen LogP contribution < -0.4 is 5.32 Å². The predicted octanol–water partition coefficient (Wildman–Crippen LogP) is 3.45. The minimum atomic E-state index is -0.360. The Morgan fingerprint density at radius 1 is 1.09 bits per heavy atom. The summed E-state index contributed by atoms with van der Waals surface area (Å²) in [5.74, 6) is -0.0319. The number of carbonyl (C=O) groups is 2. The van der Waals surface area contributed by atoms with Crippen molar-refractivity contribution in [3.8, 4) is 6.07 Å². The molecule has 35 heavy (non-hydrogen) atoms. The van der Waals surface area contributed by atoms with Crippen molar-refractivity contribution in [1.82, 2.24) is 24.2 Å². The molecule has 4 aromatic rings. The zero-order valence-corrected chi connectivity index (χ0v) is 19.6. The van der Waals surface area contributed by atoms with E-state index in [1.807, 2.05) is 36.2 Å². The smallest absolute Gasteiger partial charge is 0.274 e. The standard InChI is InChI=1S/C26H25N7O2/c1-31-16-21(18-7-11-33(12-8-18)26(35)24-6-10-29-32(24)2)20-14-19(3-4-23(20)31)30-25(34)22-13-17(15-27)5-9-28-22/h3-6,9-10,13-14,16,18H,7-8,11-12H2,1-2H3,(H,30,34). The number of anilines is 1. The van der Waals surface area contributed by atoms with Gasteiger partial charge >= 0.3 is 0 Å². The fourth-order valence-electron chi connectivity index (χ4n) is 4.78. The number of nitrogens with zero attached hydrogens (tertiary/aromatic N) is 6. The fourth-order valence-corrected chi connectivity index (χ4v) is 4.78. The lowest BCUT2D eigenvalue weighted by Gasteiger charge is -2.32. The summed E-state index contributed by atoms with van der Waals surface area (Å²) in [6.07, 6.45) is 6.98. The zero-order valence-electron chi connectivity index (χ0n) is 19.6. The van der Waals surface area contributed by atoms with Crippen LogP contribution in [0.25, 0.3) is 10.9 Å². The van der Waals surface area contributed by atoms with E-state index in [0.717, 1.165) is 23.7 Å². The highest BCUT2D eigenvalue weighted by atomic mass is 16.2. The van der Waals surface area contributed by atoms with Crippen molar-refractivity contribution in [2.75, 3.05) is 18.4 Å². The molecule has 5 rings (SSSR count). The average Bonchev–Trinajstić information content (AvgIpc) is 3.46. The number of nitriles is 1. The predicted molar refractivity (Wildman–Crippen MR) is 131 cm³/mol. The van der Waals surface area contributed by atoms with Gasteiger partial charge in [0.1, 0.15) is 11.4 Å². The van der Waals surface area contributed by atoms with Crippen LogP contribution in [0.2, 0.25) is 0 Å². The summed E-state index contributed by atoms with van der Waals surface area (Å²) < 4.78 is 3.71. The van der Waals surface area contributed by atoms with E-state index in [9.17, 15) is 9.59 Å². The van der Waals surface area contributed by atoms with Crippen LogP contribution in [0.5, 0.6) is 0 Å². The lowest BCUT2D eigenvalue weighted by Crippen LogP contribution is -2.38. The van der Waals surface area contributed by atoms with E-state index in [2.05, 4.69) is 26.2 Å². The second-order valence-electron chi connectivity index (χ2n) is 8.83. The summed E-state index contributed by atoms with van der Waals surface area (Å²) in [7, 11) is 3.80. The number of likely N-dealkylation sites (tertiary alicyclic amines) is 1. The van der Waals surface area contributed by atoms with E-state index < -0.39 is 0 Å². The molecule has 9 heteroatoms. The molecule has 4 heterocycles. The Morgan fingerprint density at radius 3 is 2.60 bits per heavy atom. The Hall–Kier alpha value is -4.45. The second kappa shape index (κ2) is 9.06. The molecule has 1 aliphatic heterocycles. The van der Waals surface area contributed by atoms with Crippen molar-refractivity contribution in [2.24, 2.45) is 14.1 Å². The van der Waals surface area contributed by atoms with Crippen LogP contribution in [0.3, 0.4) is 0 Å². The van der Waals surface area contributed by atoms with Gasteiger partial charge in [-0.2, -0.15) is 10.4 Å². The Morgan fingerprint density at radius 2 is 1.89 bits per heavy atom. The zero-order chi connectivity index (χ0) is 24.5. The van der Waals surface area contributed by atoms with E-state index in [0.29, 0.717) is 36.0 Å². The molecule has 1 saturated heterocycles. The van der Waals surface area contributed by atoms with Gasteiger partial charge in [-0.25, -0.2) is 0 Å². The van der Waals surface area contributed by atoms with Gasteiger partial charge in [0.05, 0.1) is 11.6 Å². The Kier molecular flexibility index (Phi) is 5.79. The first-order chi connectivity index (χ1) is 16.9. The number of pyridine rings is 1. The second-order valence-corrected chi connectivity index (χ2v) is 8.83. The number of amides is 2. The number of hydrogen-bond donors (Lipinski definition) is 1.